The van der Waals surface area contributed by atoms with Crippen LogP contribution in [-0.4, -0.2) is 53.0 Å². The summed E-state index contributed by atoms with van der Waals surface area (Å²) in [5, 5.41) is 6.85. The standard InChI is InChI=1S/C22H35N3O4.HI/c1-5-23-21(25-16-22(12-13-27-2)10-6-7-11-22)24-15-17-8-9-18(20(26)29-4)19(14-17)28-3;/h8-9,14H,5-7,10-13,15-16H2,1-4H3,(H2,23,24,25);1H. The molecule has 0 bridgehead atoms. The van der Waals surface area contributed by atoms with Gasteiger partial charge < -0.3 is 24.8 Å². The number of halogens is 1. The van der Waals surface area contributed by atoms with Crippen LogP contribution in [0.2, 0.25) is 0 Å². The van der Waals surface area contributed by atoms with Crippen LogP contribution < -0.4 is 15.4 Å². The van der Waals surface area contributed by atoms with Crippen molar-refractivity contribution in [3.05, 3.63) is 29.3 Å². The third-order valence-corrected chi connectivity index (χ3v) is 5.57. The maximum absolute atomic E-state index is 11.8. The van der Waals surface area contributed by atoms with Crippen LogP contribution >= 0.6 is 24.0 Å². The van der Waals surface area contributed by atoms with Gasteiger partial charge in [0.25, 0.3) is 0 Å². The molecular formula is C22H36IN3O4. The van der Waals surface area contributed by atoms with E-state index in [1.165, 1.54) is 32.8 Å². The monoisotopic (exact) mass is 533 g/mol. The van der Waals surface area contributed by atoms with Crippen molar-refractivity contribution in [2.45, 2.75) is 45.6 Å². The third kappa shape index (κ3) is 7.61. The van der Waals surface area contributed by atoms with Crippen LogP contribution in [0.5, 0.6) is 5.75 Å². The van der Waals surface area contributed by atoms with Crippen molar-refractivity contribution >= 4 is 35.9 Å². The highest BCUT2D eigenvalue weighted by molar-refractivity contribution is 14.0. The van der Waals surface area contributed by atoms with Gasteiger partial charge in [0.2, 0.25) is 0 Å². The van der Waals surface area contributed by atoms with Gasteiger partial charge in [-0.2, -0.15) is 0 Å². The normalized spacial score (nSPS) is 15.3. The molecule has 1 aromatic rings. The quantitative estimate of drug-likeness (QED) is 0.207. The molecule has 0 aromatic heterocycles. The zero-order valence-corrected chi connectivity index (χ0v) is 20.9. The van der Waals surface area contributed by atoms with E-state index in [9.17, 15) is 4.79 Å². The minimum Gasteiger partial charge on any atom is -0.496 e. The fraction of sp³-hybridized carbons (Fsp3) is 0.636. The van der Waals surface area contributed by atoms with Crippen LogP contribution in [0.4, 0.5) is 0 Å². The Morgan fingerprint density at radius 3 is 2.50 bits per heavy atom. The molecule has 1 aromatic carbocycles. The Bertz CT molecular complexity index is 691. The van der Waals surface area contributed by atoms with E-state index < -0.39 is 5.97 Å². The van der Waals surface area contributed by atoms with Crippen LogP contribution in [0, 0.1) is 5.41 Å². The average molecular weight is 533 g/mol. The Kier molecular flexibility index (Phi) is 12.1. The highest BCUT2D eigenvalue weighted by Crippen LogP contribution is 2.40. The molecule has 0 saturated heterocycles. The van der Waals surface area contributed by atoms with Crippen LogP contribution in [-0.2, 0) is 16.0 Å². The third-order valence-electron chi connectivity index (χ3n) is 5.57. The minimum absolute atomic E-state index is 0. The number of hydrogen-bond acceptors (Lipinski definition) is 5. The molecule has 1 aliphatic carbocycles. The Morgan fingerprint density at radius 2 is 1.90 bits per heavy atom. The number of carbonyl (C=O) groups is 1. The molecule has 0 heterocycles. The highest BCUT2D eigenvalue weighted by Gasteiger charge is 2.33. The maximum Gasteiger partial charge on any atom is 0.341 e. The largest absolute Gasteiger partial charge is 0.496 e. The molecule has 0 amide bonds. The molecule has 1 saturated carbocycles. The number of rotatable bonds is 10. The molecule has 2 rings (SSSR count). The summed E-state index contributed by atoms with van der Waals surface area (Å²) in [5.41, 5.74) is 1.66. The number of hydrogen-bond donors (Lipinski definition) is 2. The predicted octanol–water partition coefficient (Wildman–Crippen LogP) is 3.75. The minimum atomic E-state index is -0.412. The molecule has 0 radical (unpaired) electrons. The SMILES string of the molecule is CCNC(=NCc1ccc(C(=O)OC)c(OC)c1)NCC1(CCOC)CCCC1.I. The van der Waals surface area contributed by atoms with E-state index >= 15 is 0 Å². The first-order valence-electron chi connectivity index (χ1n) is 10.3. The van der Waals surface area contributed by atoms with E-state index in [1.54, 1.807) is 20.3 Å². The second-order valence-electron chi connectivity index (χ2n) is 7.52. The summed E-state index contributed by atoms with van der Waals surface area (Å²) in [7, 11) is 4.67. The van der Waals surface area contributed by atoms with Gasteiger partial charge in [-0.15, -0.1) is 24.0 Å². The number of esters is 1. The van der Waals surface area contributed by atoms with Crippen LogP contribution in [0.1, 0.15) is 54.9 Å². The van der Waals surface area contributed by atoms with E-state index in [4.69, 9.17) is 19.2 Å². The molecule has 0 aliphatic heterocycles. The fourth-order valence-electron chi connectivity index (χ4n) is 3.85. The van der Waals surface area contributed by atoms with Gasteiger partial charge >= 0.3 is 5.97 Å². The summed E-state index contributed by atoms with van der Waals surface area (Å²) >= 11 is 0. The molecule has 0 unspecified atom stereocenters. The molecule has 170 valence electrons. The van der Waals surface area contributed by atoms with Crippen molar-refractivity contribution in [3.8, 4) is 5.75 Å². The lowest BCUT2D eigenvalue weighted by Gasteiger charge is -2.30. The molecule has 0 atom stereocenters. The van der Waals surface area contributed by atoms with Gasteiger partial charge in [-0.05, 0) is 49.3 Å². The fourth-order valence-corrected chi connectivity index (χ4v) is 3.85. The van der Waals surface area contributed by atoms with Crippen molar-refractivity contribution in [2.75, 3.05) is 41.0 Å². The summed E-state index contributed by atoms with van der Waals surface area (Å²) in [4.78, 5) is 16.5. The summed E-state index contributed by atoms with van der Waals surface area (Å²) in [5.74, 6) is 0.879. The Morgan fingerprint density at radius 1 is 1.17 bits per heavy atom. The van der Waals surface area contributed by atoms with Gasteiger partial charge in [0.05, 0.1) is 20.8 Å². The number of aliphatic imine (C=N–C) groups is 1. The Balaban J connectivity index is 0.00000450. The molecule has 1 aliphatic rings. The van der Waals surface area contributed by atoms with Gasteiger partial charge in [-0.25, -0.2) is 9.79 Å². The Hall–Kier alpha value is -1.55. The first-order valence-corrected chi connectivity index (χ1v) is 10.3. The van der Waals surface area contributed by atoms with Crippen LogP contribution in [0.15, 0.2) is 23.2 Å². The molecule has 1 fully saturated rings. The van der Waals surface area contributed by atoms with Crippen LogP contribution in [0.25, 0.3) is 0 Å². The predicted molar refractivity (Wildman–Crippen MR) is 130 cm³/mol. The zero-order valence-electron chi connectivity index (χ0n) is 18.6. The molecule has 2 N–H and O–H groups in total. The first-order chi connectivity index (χ1) is 14.1. The summed E-state index contributed by atoms with van der Waals surface area (Å²) in [6.07, 6.45) is 6.10. The number of methoxy groups -OCH3 is 3. The number of guanidine groups is 1. The van der Waals surface area contributed by atoms with E-state index in [0.717, 1.165) is 37.6 Å². The Labute approximate surface area is 197 Å². The summed E-state index contributed by atoms with van der Waals surface area (Å²) in [6.45, 7) is 5.02. The average Bonchev–Trinajstić information content (AvgIpc) is 3.22. The molecule has 30 heavy (non-hydrogen) atoms. The molecular weight excluding hydrogens is 497 g/mol. The van der Waals surface area contributed by atoms with Gasteiger partial charge in [-0.3, -0.25) is 0 Å². The summed E-state index contributed by atoms with van der Waals surface area (Å²) < 4.78 is 15.5. The highest BCUT2D eigenvalue weighted by atomic mass is 127. The number of carbonyl (C=O) groups excluding carboxylic acids is 1. The topological polar surface area (TPSA) is 81.2 Å². The van der Waals surface area contributed by atoms with E-state index in [-0.39, 0.29) is 29.4 Å². The molecule has 0 spiro atoms. The van der Waals surface area contributed by atoms with Crippen molar-refractivity contribution in [1.82, 2.24) is 10.6 Å². The lowest BCUT2D eigenvalue weighted by atomic mass is 9.83. The molecule has 7 nitrogen and oxygen atoms in total. The number of nitrogens with one attached hydrogen (secondary N) is 2. The van der Waals surface area contributed by atoms with E-state index in [1.807, 2.05) is 12.1 Å². The van der Waals surface area contributed by atoms with Crippen molar-refractivity contribution in [3.63, 3.8) is 0 Å². The lowest BCUT2D eigenvalue weighted by Crippen LogP contribution is -2.43. The molecule has 8 heteroatoms. The maximum atomic E-state index is 11.8. The van der Waals surface area contributed by atoms with Gasteiger partial charge in [0.15, 0.2) is 5.96 Å². The number of nitrogens with zero attached hydrogens (tertiary/aromatic N) is 1. The van der Waals surface area contributed by atoms with Crippen molar-refractivity contribution < 1.29 is 19.0 Å². The first kappa shape index (κ1) is 26.5. The van der Waals surface area contributed by atoms with Crippen LogP contribution in [0.3, 0.4) is 0 Å². The number of benzene rings is 1. The second-order valence-corrected chi connectivity index (χ2v) is 7.52. The lowest BCUT2D eigenvalue weighted by molar-refractivity contribution is 0.0597. The van der Waals surface area contributed by atoms with Gasteiger partial charge in [-0.1, -0.05) is 18.9 Å². The van der Waals surface area contributed by atoms with Gasteiger partial charge in [0, 0.05) is 26.8 Å². The zero-order chi connectivity index (χ0) is 21.1. The van der Waals surface area contributed by atoms with Crippen molar-refractivity contribution in [1.29, 1.82) is 0 Å². The second kappa shape index (κ2) is 13.7. The van der Waals surface area contributed by atoms with Crippen molar-refractivity contribution in [2.24, 2.45) is 10.4 Å². The van der Waals surface area contributed by atoms with Gasteiger partial charge in [0.1, 0.15) is 11.3 Å². The smallest absolute Gasteiger partial charge is 0.341 e. The van der Waals surface area contributed by atoms with E-state index in [0.29, 0.717) is 17.9 Å². The summed E-state index contributed by atoms with van der Waals surface area (Å²) in [6, 6.07) is 5.42. The number of ether oxygens (including phenoxy) is 3. The van der Waals surface area contributed by atoms with E-state index in [2.05, 4.69) is 17.6 Å².